The quantitative estimate of drug-likeness (QED) is 0.765. The maximum absolute atomic E-state index is 13.1. The first-order valence-corrected chi connectivity index (χ1v) is 10.6. The molecule has 0 saturated heterocycles. The van der Waals surface area contributed by atoms with Crippen LogP contribution in [-0.2, 0) is 9.53 Å². The molecule has 3 rings (SSSR count). The molecule has 1 aliphatic rings. The fourth-order valence-electron chi connectivity index (χ4n) is 4.24. The lowest BCUT2D eigenvalue weighted by Gasteiger charge is -2.31. The lowest BCUT2D eigenvalue weighted by atomic mass is 9.86. The monoisotopic (exact) mass is 386 g/mol. The molecule has 2 heterocycles. The summed E-state index contributed by atoms with van der Waals surface area (Å²) in [4.78, 5) is 22.6. The first-order valence-electron chi connectivity index (χ1n) is 10.6. The molecule has 4 atom stereocenters. The number of imidazole rings is 1. The minimum absolute atomic E-state index is 0.0141. The third-order valence-corrected chi connectivity index (χ3v) is 6.11. The number of aromatic nitrogens is 3. The van der Waals surface area contributed by atoms with Gasteiger partial charge >= 0.3 is 0 Å². The van der Waals surface area contributed by atoms with E-state index in [2.05, 4.69) is 42.6 Å². The summed E-state index contributed by atoms with van der Waals surface area (Å²) in [5.41, 5.74) is 1.76. The molecule has 6 heteroatoms. The van der Waals surface area contributed by atoms with Crippen molar-refractivity contribution in [2.45, 2.75) is 78.0 Å². The van der Waals surface area contributed by atoms with Gasteiger partial charge in [0.05, 0.1) is 12.1 Å². The number of rotatable bonds is 7. The van der Waals surface area contributed by atoms with E-state index in [4.69, 9.17) is 9.72 Å². The fourth-order valence-corrected chi connectivity index (χ4v) is 4.24. The number of hydrogen-bond acceptors (Lipinski definition) is 4. The minimum atomic E-state index is -0.128. The van der Waals surface area contributed by atoms with Crippen LogP contribution in [-0.4, -0.2) is 33.7 Å². The summed E-state index contributed by atoms with van der Waals surface area (Å²) >= 11 is 0. The Balaban J connectivity index is 1.92. The van der Waals surface area contributed by atoms with E-state index in [0.29, 0.717) is 0 Å². The van der Waals surface area contributed by atoms with Crippen LogP contribution in [0.4, 0.5) is 0 Å². The molecule has 0 unspecified atom stereocenters. The second kappa shape index (κ2) is 9.03. The number of carbonyl (C=O) groups is 1. The summed E-state index contributed by atoms with van der Waals surface area (Å²) < 4.78 is 7.69. The van der Waals surface area contributed by atoms with Crippen LogP contribution in [0.15, 0.2) is 18.3 Å². The number of pyridine rings is 1. The number of carbonyl (C=O) groups excluding carboxylic acids is 1. The normalized spacial score (nSPS) is 22.4. The van der Waals surface area contributed by atoms with Gasteiger partial charge < -0.3 is 14.6 Å². The third kappa shape index (κ3) is 4.22. The summed E-state index contributed by atoms with van der Waals surface area (Å²) in [7, 11) is 1.74. The van der Waals surface area contributed by atoms with Crippen molar-refractivity contribution in [2.24, 2.45) is 11.8 Å². The number of fused-ring (bicyclic) bond motifs is 1. The highest BCUT2D eigenvalue weighted by molar-refractivity contribution is 5.79. The van der Waals surface area contributed by atoms with Gasteiger partial charge in [-0.3, -0.25) is 4.79 Å². The summed E-state index contributed by atoms with van der Waals surface area (Å²) in [6, 6.07) is 3.99. The number of nitrogens with zero attached hydrogens (tertiary/aromatic N) is 3. The van der Waals surface area contributed by atoms with Crippen LogP contribution in [0.2, 0.25) is 0 Å². The van der Waals surface area contributed by atoms with Crippen molar-refractivity contribution in [3.63, 3.8) is 0 Å². The molecule has 2 aromatic rings. The molecule has 1 saturated carbocycles. The topological polar surface area (TPSA) is 69.0 Å². The predicted octanol–water partition coefficient (Wildman–Crippen LogP) is 4.42. The zero-order chi connectivity index (χ0) is 20.3. The molecule has 0 aromatic carbocycles. The minimum Gasteiger partial charge on any atom is -0.381 e. The molecule has 6 nitrogen and oxygen atoms in total. The summed E-state index contributed by atoms with van der Waals surface area (Å²) in [6.45, 7) is 8.62. The van der Waals surface area contributed by atoms with Crippen LogP contribution >= 0.6 is 0 Å². The summed E-state index contributed by atoms with van der Waals surface area (Å²) in [6.07, 6.45) is 6.78. The summed E-state index contributed by atoms with van der Waals surface area (Å²) in [5, 5.41) is 3.35. The van der Waals surface area contributed by atoms with Gasteiger partial charge in [-0.1, -0.05) is 26.7 Å². The number of ether oxygens (including phenoxy) is 1. The van der Waals surface area contributed by atoms with Gasteiger partial charge in [0.1, 0.15) is 11.3 Å². The van der Waals surface area contributed by atoms with Crippen molar-refractivity contribution >= 4 is 17.1 Å². The van der Waals surface area contributed by atoms with E-state index in [1.165, 1.54) is 0 Å². The highest BCUT2D eigenvalue weighted by Crippen LogP contribution is 2.31. The number of hydrogen-bond donors (Lipinski definition) is 1. The Morgan fingerprint density at radius 1 is 1.36 bits per heavy atom. The zero-order valence-electron chi connectivity index (χ0n) is 17.8. The Morgan fingerprint density at radius 3 is 2.82 bits per heavy atom. The maximum atomic E-state index is 13.1. The van der Waals surface area contributed by atoms with Crippen molar-refractivity contribution in [1.29, 1.82) is 0 Å². The molecule has 1 fully saturated rings. The molecular weight excluding hydrogens is 352 g/mol. The van der Waals surface area contributed by atoms with Gasteiger partial charge in [-0.2, -0.15) is 0 Å². The van der Waals surface area contributed by atoms with E-state index in [-0.39, 0.29) is 35.9 Å². The molecule has 0 bridgehead atoms. The largest absolute Gasteiger partial charge is 0.381 e. The molecule has 1 amide bonds. The van der Waals surface area contributed by atoms with Crippen LogP contribution in [0, 0.1) is 11.8 Å². The van der Waals surface area contributed by atoms with Gasteiger partial charge in [0.25, 0.3) is 0 Å². The van der Waals surface area contributed by atoms with Crippen molar-refractivity contribution in [3.8, 4) is 0 Å². The van der Waals surface area contributed by atoms with Crippen LogP contribution in [0.25, 0.3) is 11.2 Å². The van der Waals surface area contributed by atoms with Gasteiger partial charge in [-0.15, -0.1) is 0 Å². The van der Waals surface area contributed by atoms with E-state index in [1.807, 2.05) is 12.1 Å². The second-order valence-corrected chi connectivity index (χ2v) is 8.37. The first kappa shape index (κ1) is 20.8. The Labute approximate surface area is 168 Å². The Hall–Kier alpha value is -1.95. The molecular formula is C22H34N4O2. The average Bonchev–Trinajstić information content (AvgIpc) is 3.10. The van der Waals surface area contributed by atoms with Crippen LogP contribution < -0.4 is 5.32 Å². The van der Waals surface area contributed by atoms with Crippen LogP contribution in [0.5, 0.6) is 0 Å². The predicted molar refractivity (Wildman–Crippen MR) is 111 cm³/mol. The van der Waals surface area contributed by atoms with E-state index < -0.39 is 0 Å². The van der Waals surface area contributed by atoms with Crippen molar-refractivity contribution in [2.75, 3.05) is 7.11 Å². The van der Waals surface area contributed by atoms with Crippen LogP contribution in [0.3, 0.4) is 0 Å². The van der Waals surface area contributed by atoms with Crippen molar-refractivity contribution in [3.05, 3.63) is 24.2 Å². The molecule has 1 aliphatic carbocycles. The molecule has 1 N–H and O–H groups in total. The Kier molecular flexibility index (Phi) is 6.70. The van der Waals surface area contributed by atoms with Gasteiger partial charge in [0.15, 0.2) is 5.65 Å². The van der Waals surface area contributed by atoms with Gasteiger partial charge in [-0.05, 0) is 51.2 Å². The van der Waals surface area contributed by atoms with Gasteiger partial charge in [-0.25, -0.2) is 9.97 Å². The van der Waals surface area contributed by atoms with Crippen molar-refractivity contribution < 1.29 is 9.53 Å². The Bertz CT molecular complexity index is 801. The van der Waals surface area contributed by atoms with E-state index >= 15 is 0 Å². The molecule has 0 spiro atoms. The van der Waals surface area contributed by atoms with Gasteiger partial charge in [0, 0.05) is 25.3 Å². The van der Waals surface area contributed by atoms with Gasteiger partial charge in [0.2, 0.25) is 5.91 Å². The maximum Gasteiger partial charge on any atom is 0.223 e. The van der Waals surface area contributed by atoms with Crippen molar-refractivity contribution in [1.82, 2.24) is 19.9 Å². The molecule has 0 aliphatic heterocycles. The number of methoxy groups -OCH3 is 1. The third-order valence-electron chi connectivity index (χ3n) is 6.11. The number of nitrogens with one attached hydrogen (secondary N) is 1. The highest BCUT2D eigenvalue weighted by Gasteiger charge is 2.32. The lowest BCUT2D eigenvalue weighted by Crippen LogP contribution is -2.40. The molecule has 154 valence electrons. The van der Waals surface area contributed by atoms with E-state index in [9.17, 15) is 4.79 Å². The fraction of sp³-hybridized carbons (Fsp3) is 0.682. The average molecular weight is 387 g/mol. The smallest absolute Gasteiger partial charge is 0.223 e. The number of amides is 1. The van der Waals surface area contributed by atoms with Crippen LogP contribution in [0.1, 0.15) is 77.7 Å². The molecule has 28 heavy (non-hydrogen) atoms. The first-order chi connectivity index (χ1) is 13.5. The zero-order valence-corrected chi connectivity index (χ0v) is 17.8. The Morgan fingerprint density at radius 2 is 2.14 bits per heavy atom. The summed E-state index contributed by atoms with van der Waals surface area (Å²) in [5.74, 6) is 1.33. The molecule has 2 aromatic heterocycles. The van der Waals surface area contributed by atoms with E-state index in [0.717, 1.165) is 49.1 Å². The highest BCUT2D eigenvalue weighted by atomic mass is 16.5. The molecule has 0 radical (unpaired) electrons. The SMILES string of the molecule is CC[C@H](C)[C@H](NC(=O)[C@@H]1CCC[C@@H](OC)C1)c1nc2cccnc2n1C(C)C. The lowest BCUT2D eigenvalue weighted by molar-refractivity contribution is -0.128. The second-order valence-electron chi connectivity index (χ2n) is 8.37. The van der Waals surface area contributed by atoms with E-state index in [1.54, 1.807) is 13.3 Å². The standard InChI is InChI=1S/C22H34N4O2/c1-6-15(4)19(25-22(27)16-9-7-10-17(13-16)28-5)21-24-18-11-8-12-23-20(18)26(21)14(2)3/h8,11-12,14-17,19H,6-7,9-10,13H2,1-5H3,(H,25,27)/t15-,16+,17+,19-/m0/s1.